The average molecular weight is 460 g/mol. The molecule has 5 rings (SSSR count). The molecule has 4 aromatic rings. The van der Waals surface area contributed by atoms with E-state index in [0.29, 0.717) is 36.1 Å². The van der Waals surface area contributed by atoms with Gasteiger partial charge in [-0.05, 0) is 60.9 Å². The number of carbonyl (C=O) groups is 1. The minimum atomic E-state index is -0.307. The van der Waals surface area contributed by atoms with Crippen molar-refractivity contribution in [3.05, 3.63) is 89.5 Å². The zero-order valence-electron chi connectivity index (χ0n) is 19.0. The van der Waals surface area contributed by atoms with E-state index in [0.717, 1.165) is 35.3 Å². The fourth-order valence-corrected chi connectivity index (χ4v) is 4.41. The molecule has 6 nitrogen and oxygen atoms in total. The van der Waals surface area contributed by atoms with Crippen molar-refractivity contribution in [2.75, 3.05) is 20.2 Å². The summed E-state index contributed by atoms with van der Waals surface area (Å²) in [5, 5.41) is 0. The van der Waals surface area contributed by atoms with Gasteiger partial charge < -0.3 is 19.4 Å². The summed E-state index contributed by atoms with van der Waals surface area (Å²) < 4.78 is 24.7. The molecule has 0 unspecified atom stereocenters. The number of fused-ring (bicyclic) bond motifs is 1. The zero-order chi connectivity index (χ0) is 23.5. The molecule has 1 amide bonds. The van der Waals surface area contributed by atoms with Gasteiger partial charge in [0.15, 0.2) is 11.5 Å². The molecule has 174 valence electrons. The van der Waals surface area contributed by atoms with Crippen molar-refractivity contribution in [1.29, 1.82) is 0 Å². The maximum Gasteiger partial charge on any atom is 0.253 e. The minimum Gasteiger partial charge on any atom is -0.493 e. The third kappa shape index (κ3) is 4.59. The van der Waals surface area contributed by atoms with Crippen LogP contribution in [0.1, 0.15) is 40.5 Å². The van der Waals surface area contributed by atoms with Crippen LogP contribution in [0.4, 0.5) is 4.39 Å². The van der Waals surface area contributed by atoms with E-state index in [1.165, 1.54) is 19.2 Å². The maximum atomic E-state index is 13.4. The van der Waals surface area contributed by atoms with Crippen molar-refractivity contribution in [1.82, 2.24) is 14.9 Å². The van der Waals surface area contributed by atoms with E-state index in [9.17, 15) is 9.18 Å². The normalized spacial score (nSPS) is 14.4. The van der Waals surface area contributed by atoms with Gasteiger partial charge in [-0.1, -0.05) is 24.3 Å². The molecule has 0 aliphatic carbocycles. The van der Waals surface area contributed by atoms with Crippen LogP contribution in [0, 0.1) is 5.82 Å². The van der Waals surface area contributed by atoms with Gasteiger partial charge in [-0.15, -0.1) is 0 Å². The van der Waals surface area contributed by atoms with Crippen molar-refractivity contribution in [2.24, 2.45) is 0 Å². The Balaban J connectivity index is 1.22. The number of rotatable bonds is 6. The Labute approximate surface area is 197 Å². The molecule has 34 heavy (non-hydrogen) atoms. The molecular formula is C27H26FN3O3. The molecule has 1 aliphatic heterocycles. The monoisotopic (exact) mass is 459 g/mol. The molecule has 1 aromatic heterocycles. The van der Waals surface area contributed by atoms with Gasteiger partial charge in [0.2, 0.25) is 0 Å². The summed E-state index contributed by atoms with van der Waals surface area (Å²) in [4.78, 5) is 23.2. The number of hydrogen-bond acceptors (Lipinski definition) is 4. The second kappa shape index (κ2) is 9.55. The number of methoxy groups -OCH3 is 1. The first kappa shape index (κ1) is 21.9. The number of likely N-dealkylation sites (tertiary alicyclic amines) is 1. The number of nitrogens with zero attached hydrogens (tertiary/aromatic N) is 2. The maximum absolute atomic E-state index is 13.4. The van der Waals surface area contributed by atoms with Crippen LogP contribution >= 0.6 is 0 Å². The highest BCUT2D eigenvalue weighted by Crippen LogP contribution is 2.31. The van der Waals surface area contributed by atoms with Gasteiger partial charge >= 0.3 is 0 Å². The quantitative estimate of drug-likeness (QED) is 0.424. The topological polar surface area (TPSA) is 67.5 Å². The number of carbonyl (C=O) groups excluding carboxylic acids is 1. The number of amides is 1. The molecule has 1 aliphatic rings. The van der Waals surface area contributed by atoms with E-state index in [1.54, 1.807) is 30.3 Å². The van der Waals surface area contributed by atoms with Gasteiger partial charge in [-0.3, -0.25) is 4.79 Å². The highest BCUT2D eigenvalue weighted by molar-refractivity contribution is 5.95. The van der Waals surface area contributed by atoms with Crippen LogP contribution in [0.15, 0.2) is 66.7 Å². The predicted molar refractivity (Wildman–Crippen MR) is 128 cm³/mol. The fraction of sp³-hybridized carbons (Fsp3) is 0.259. The van der Waals surface area contributed by atoms with Crippen molar-refractivity contribution in [2.45, 2.75) is 25.4 Å². The number of aromatic nitrogens is 2. The Bertz CT molecular complexity index is 1280. The number of hydrogen-bond donors (Lipinski definition) is 1. The number of para-hydroxylation sites is 2. The summed E-state index contributed by atoms with van der Waals surface area (Å²) in [5.41, 5.74) is 3.29. The standard InChI is InChI=1S/C27H26FN3O3/c1-33-25-16-20(9-10-24(25)34-17-18-5-4-6-21(28)15-18)27(32)31-13-11-19(12-14-31)26-29-22-7-2-3-8-23(22)30-26/h2-10,15-16,19H,11-14,17H2,1H3,(H,29,30). The number of aromatic amines is 1. The lowest BCUT2D eigenvalue weighted by Crippen LogP contribution is -2.38. The first-order valence-electron chi connectivity index (χ1n) is 11.4. The number of benzene rings is 3. The molecule has 7 heteroatoms. The highest BCUT2D eigenvalue weighted by Gasteiger charge is 2.27. The molecule has 0 atom stereocenters. The lowest BCUT2D eigenvalue weighted by atomic mass is 9.95. The molecular weight excluding hydrogens is 433 g/mol. The Morgan fingerprint density at radius 2 is 1.88 bits per heavy atom. The second-order valence-electron chi connectivity index (χ2n) is 8.49. The Kier molecular flexibility index (Phi) is 6.16. The lowest BCUT2D eigenvalue weighted by molar-refractivity contribution is 0.0711. The van der Waals surface area contributed by atoms with Crippen molar-refractivity contribution in [3.63, 3.8) is 0 Å². The van der Waals surface area contributed by atoms with Crippen molar-refractivity contribution < 1.29 is 18.7 Å². The van der Waals surface area contributed by atoms with Gasteiger partial charge in [0.1, 0.15) is 18.2 Å². The summed E-state index contributed by atoms with van der Waals surface area (Å²) in [5.74, 6) is 1.95. The molecule has 3 aromatic carbocycles. The summed E-state index contributed by atoms with van der Waals surface area (Å²) in [6, 6.07) is 19.5. The molecule has 0 radical (unpaired) electrons. The molecule has 0 bridgehead atoms. The van der Waals surface area contributed by atoms with E-state index >= 15 is 0 Å². The van der Waals surface area contributed by atoms with E-state index in [2.05, 4.69) is 4.98 Å². The molecule has 1 saturated heterocycles. The fourth-order valence-electron chi connectivity index (χ4n) is 4.41. The summed E-state index contributed by atoms with van der Waals surface area (Å²) in [6.45, 7) is 1.54. The minimum absolute atomic E-state index is 0.0296. The third-order valence-corrected chi connectivity index (χ3v) is 6.27. The van der Waals surface area contributed by atoms with Crippen LogP contribution in [0.2, 0.25) is 0 Å². The van der Waals surface area contributed by atoms with Gasteiger partial charge in [0, 0.05) is 24.6 Å². The molecule has 0 spiro atoms. The van der Waals surface area contributed by atoms with Crippen molar-refractivity contribution in [3.8, 4) is 11.5 Å². The first-order chi connectivity index (χ1) is 16.6. The van der Waals surface area contributed by atoms with E-state index in [4.69, 9.17) is 14.5 Å². The molecule has 0 saturated carbocycles. The number of piperidine rings is 1. The largest absolute Gasteiger partial charge is 0.493 e. The smallest absolute Gasteiger partial charge is 0.253 e. The molecule has 2 heterocycles. The van der Waals surface area contributed by atoms with E-state index in [-0.39, 0.29) is 18.3 Å². The summed E-state index contributed by atoms with van der Waals surface area (Å²) in [6.07, 6.45) is 1.72. The summed E-state index contributed by atoms with van der Waals surface area (Å²) in [7, 11) is 1.54. The molecule has 1 fully saturated rings. The number of nitrogens with one attached hydrogen (secondary N) is 1. The second-order valence-corrected chi connectivity index (χ2v) is 8.49. The average Bonchev–Trinajstić information content (AvgIpc) is 3.31. The van der Waals surface area contributed by atoms with Gasteiger partial charge in [0.05, 0.1) is 18.1 Å². The predicted octanol–water partition coefficient (Wildman–Crippen LogP) is 5.31. The SMILES string of the molecule is COc1cc(C(=O)N2CCC(c3nc4ccccc4[nH]3)CC2)ccc1OCc1cccc(F)c1. The Morgan fingerprint density at radius 3 is 2.65 bits per heavy atom. The Hall–Kier alpha value is -3.87. The number of ether oxygens (including phenoxy) is 2. The van der Waals surface area contributed by atoms with Crippen LogP contribution < -0.4 is 9.47 Å². The van der Waals surface area contributed by atoms with Crippen molar-refractivity contribution >= 4 is 16.9 Å². The van der Waals surface area contributed by atoms with E-state index < -0.39 is 0 Å². The number of imidazole rings is 1. The summed E-state index contributed by atoms with van der Waals surface area (Å²) >= 11 is 0. The van der Waals surface area contributed by atoms with Crippen LogP contribution in [0.25, 0.3) is 11.0 Å². The lowest BCUT2D eigenvalue weighted by Gasteiger charge is -2.31. The zero-order valence-corrected chi connectivity index (χ0v) is 19.0. The van der Waals surface area contributed by atoms with Crippen LogP contribution in [0.3, 0.4) is 0 Å². The van der Waals surface area contributed by atoms with Gasteiger partial charge in [-0.2, -0.15) is 0 Å². The van der Waals surface area contributed by atoms with Crippen LogP contribution in [-0.4, -0.2) is 41.0 Å². The third-order valence-electron chi connectivity index (χ3n) is 6.27. The Morgan fingerprint density at radius 1 is 1.06 bits per heavy atom. The van der Waals surface area contributed by atoms with Gasteiger partial charge in [-0.25, -0.2) is 9.37 Å². The first-order valence-corrected chi connectivity index (χ1v) is 11.4. The van der Waals surface area contributed by atoms with Gasteiger partial charge in [0.25, 0.3) is 5.91 Å². The highest BCUT2D eigenvalue weighted by atomic mass is 19.1. The van der Waals surface area contributed by atoms with Crippen LogP contribution in [0.5, 0.6) is 11.5 Å². The van der Waals surface area contributed by atoms with Crippen LogP contribution in [-0.2, 0) is 6.61 Å². The number of H-pyrrole nitrogens is 1. The van der Waals surface area contributed by atoms with E-state index in [1.807, 2.05) is 29.2 Å². The number of halogens is 1. The molecule has 1 N–H and O–H groups in total.